The smallest absolute Gasteiger partial charge is 0.269 e. The normalized spacial score (nSPS) is 11.1. The van der Waals surface area contributed by atoms with Crippen LogP contribution in [0.2, 0.25) is 0 Å². The molecule has 0 aliphatic heterocycles. The van der Waals surface area contributed by atoms with Gasteiger partial charge in [-0.1, -0.05) is 13.8 Å². The summed E-state index contributed by atoms with van der Waals surface area (Å²) in [5.74, 6) is 0. The maximum Gasteiger partial charge on any atom is 0.269 e. The maximum absolute atomic E-state index is 10.6. The third-order valence-electron chi connectivity index (χ3n) is 2.92. The van der Waals surface area contributed by atoms with Crippen molar-refractivity contribution in [3.63, 3.8) is 0 Å². The van der Waals surface area contributed by atoms with Crippen molar-refractivity contribution < 1.29 is 4.92 Å². The molecule has 0 aliphatic rings. The van der Waals surface area contributed by atoms with Crippen molar-refractivity contribution in [1.82, 2.24) is 5.32 Å². The van der Waals surface area contributed by atoms with Crippen molar-refractivity contribution in [2.75, 3.05) is 18.0 Å². The molecule has 1 rings (SSSR count). The van der Waals surface area contributed by atoms with Gasteiger partial charge in [0.1, 0.15) is 0 Å². The summed E-state index contributed by atoms with van der Waals surface area (Å²) < 4.78 is 0. The summed E-state index contributed by atoms with van der Waals surface area (Å²) in [4.78, 5) is 12.5. The van der Waals surface area contributed by atoms with Gasteiger partial charge < -0.3 is 10.2 Å². The first-order valence-corrected chi connectivity index (χ1v) is 6.66. The number of nitro groups is 1. The van der Waals surface area contributed by atoms with Crippen LogP contribution in [-0.2, 0) is 0 Å². The Bertz CT molecular complexity index is 402. The average Bonchev–Trinajstić information content (AvgIpc) is 2.34. The Morgan fingerprint density at radius 1 is 1.21 bits per heavy atom. The van der Waals surface area contributed by atoms with Crippen LogP contribution in [0.1, 0.15) is 27.7 Å². The minimum absolute atomic E-state index is 0.132. The predicted octanol–water partition coefficient (Wildman–Crippen LogP) is 2.81. The lowest BCUT2D eigenvalue weighted by Crippen LogP contribution is -2.38. The van der Waals surface area contributed by atoms with Gasteiger partial charge in [-0.25, -0.2) is 0 Å². The zero-order chi connectivity index (χ0) is 14.4. The topological polar surface area (TPSA) is 58.4 Å². The van der Waals surface area contributed by atoms with Gasteiger partial charge in [-0.05, 0) is 26.0 Å². The Kier molecular flexibility index (Phi) is 5.76. The lowest BCUT2D eigenvalue weighted by atomic mass is 10.2. The number of hydrogen-bond donors (Lipinski definition) is 1. The van der Waals surface area contributed by atoms with E-state index in [0.29, 0.717) is 12.1 Å². The second-order valence-electron chi connectivity index (χ2n) is 5.17. The summed E-state index contributed by atoms with van der Waals surface area (Å²) in [5.41, 5.74) is 1.15. The van der Waals surface area contributed by atoms with E-state index in [1.165, 1.54) is 0 Å². The largest absolute Gasteiger partial charge is 0.368 e. The summed E-state index contributed by atoms with van der Waals surface area (Å²) in [7, 11) is 0. The highest BCUT2D eigenvalue weighted by atomic mass is 16.6. The van der Waals surface area contributed by atoms with E-state index in [9.17, 15) is 10.1 Å². The van der Waals surface area contributed by atoms with Crippen LogP contribution in [0.4, 0.5) is 11.4 Å². The van der Waals surface area contributed by atoms with Gasteiger partial charge in [-0.3, -0.25) is 10.1 Å². The second kappa shape index (κ2) is 7.09. The molecule has 19 heavy (non-hydrogen) atoms. The molecule has 0 saturated carbocycles. The molecule has 0 heterocycles. The van der Waals surface area contributed by atoms with Gasteiger partial charge in [0, 0.05) is 43.0 Å². The highest BCUT2D eigenvalue weighted by Gasteiger charge is 2.12. The van der Waals surface area contributed by atoms with Crippen molar-refractivity contribution in [2.45, 2.75) is 39.8 Å². The van der Waals surface area contributed by atoms with Gasteiger partial charge in [0.25, 0.3) is 5.69 Å². The molecule has 1 aromatic carbocycles. The zero-order valence-corrected chi connectivity index (χ0v) is 12.1. The highest BCUT2D eigenvalue weighted by molar-refractivity contribution is 5.51. The maximum atomic E-state index is 10.6. The second-order valence-corrected chi connectivity index (χ2v) is 5.17. The highest BCUT2D eigenvalue weighted by Crippen LogP contribution is 2.20. The first-order valence-electron chi connectivity index (χ1n) is 6.66. The Morgan fingerprint density at radius 2 is 1.79 bits per heavy atom. The van der Waals surface area contributed by atoms with Crippen molar-refractivity contribution in [1.29, 1.82) is 0 Å². The number of benzene rings is 1. The molecule has 1 aromatic rings. The van der Waals surface area contributed by atoms with Crippen LogP contribution in [0.3, 0.4) is 0 Å². The van der Waals surface area contributed by atoms with E-state index >= 15 is 0 Å². The van der Waals surface area contributed by atoms with Gasteiger partial charge >= 0.3 is 0 Å². The monoisotopic (exact) mass is 265 g/mol. The zero-order valence-electron chi connectivity index (χ0n) is 12.1. The number of hydrogen-bond acceptors (Lipinski definition) is 4. The first kappa shape index (κ1) is 15.4. The van der Waals surface area contributed by atoms with Crippen LogP contribution in [0.15, 0.2) is 24.3 Å². The number of anilines is 1. The number of nitro benzene ring substituents is 1. The fraction of sp³-hybridized carbons (Fsp3) is 0.571. The van der Waals surface area contributed by atoms with Gasteiger partial charge in [0.2, 0.25) is 0 Å². The van der Waals surface area contributed by atoms with Gasteiger partial charge in [0.05, 0.1) is 4.92 Å². The number of nitrogens with zero attached hydrogens (tertiary/aromatic N) is 2. The van der Waals surface area contributed by atoms with Gasteiger partial charge in [0.15, 0.2) is 0 Å². The molecule has 0 aliphatic carbocycles. The van der Waals surface area contributed by atoms with E-state index < -0.39 is 0 Å². The van der Waals surface area contributed by atoms with Gasteiger partial charge in [-0.15, -0.1) is 0 Å². The van der Waals surface area contributed by atoms with E-state index in [-0.39, 0.29) is 10.6 Å². The molecular formula is C14H23N3O2. The minimum atomic E-state index is -0.371. The van der Waals surface area contributed by atoms with E-state index in [4.69, 9.17) is 0 Å². The lowest BCUT2D eigenvalue weighted by molar-refractivity contribution is -0.384. The Hall–Kier alpha value is -1.62. The summed E-state index contributed by atoms with van der Waals surface area (Å²) >= 11 is 0. The predicted molar refractivity (Wildman–Crippen MR) is 78.7 cm³/mol. The molecule has 106 valence electrons. The molecule has 0 radical (unpaired) electrons. The third-order valence-corrected chi connectivity index (χ3v) is 2.92. The van der Waals surface area contributed by atoms with Crippen LogP contribution in [0.5, 0.6) is 0 Å². The molecule has 5 nitrogen and oxygen atoms in total. The molecule has 1 N–H and O–H groups in total. The van der Waals surface area contributed by atoms with Crippen molar-refractivity contribution in [3.8, 4) is 0 Å². The molecule has 5 heteroatoms. The van der Waals surface area contributed by atoms with Crippen LogP contribution in [-0.4, -0.2) is 30.1 Å². The molecule has 0 atom stereocenters. The summed E-state index contributed by atoms with van der Waals surface area (Å²) in [5, 5.41) is 14.0. The van der Waals surface area contributed by atoms with Crippen LogP contribution in [0.25, 0.3) is 0 Å². The van der Waals surface area contributed by atoms with Crippen molar-refractivity contribution >= 4 is 11.4 Å². The van der Waals surface area contributed by atoms with E-state index in [2.05, 4.69) is 37.9 Å². The van der Waals surface area contributed by atoms with E-state index in [1.807, 2.05) is 12.1 Å². The molecule has 0 aromatic heterocycles. The number of nitrogens with one attached hydrogen (secondary N) is 1. The standard InChI is InChI=1S/C14H23N3O2/c1-11(2)15-9-10-16(12(3)4)13-5-7-14(8-6-13)17(18)19/h5-8,11-12,15H,9-10H2,1-4H3. The Morgan fingerprint density at radius 3 is 2.21 bits per heavy atom. The third kappa shape index (κ3) is 4.87. The molecular weight excluding hydrogens is 242 g/mol. The van der Waals surface area contributed by atoms with Crippen molar-refractivity contribution in [2.24, 2.45) is 0 Å². The fourth-order valence-electron chi connectivity index (χ4n) is 1.92. The SMILES string of the molecule is CC(C)NCCN(c1ccc([N+](=O)[O-])cc1)C(C)C. The molecule has 0 spiro atoms. The van der Waals surface area contributed by atoms with Crippen molar-refractivity contribution in [3.05, 3.63) is 34.4 Å². The van der Waals surface area contributed by atoms with Crippen LogP contribution >= 0.6 is 0 Å². The lowest BCUT2D eigenvalue weighted by Gasteiger charge is -2.29. The number of non-ortho nitro benzene ring substituents is 1. The first-order chi connectivity index (χ1) is 8.91. The Labute approximate surface area is 114 Å². The van der Waals surface area contributed by atoms with Crippen LogP contribution < -0.4 is 10.2 Å². The Balaban J connectivity index is 2.72. The summed E-state index contributed by atoms with van der Waals surface area (Å²) in [6.45, 7) is 10.3. The summed E-state index contributed by atoms with van der Waals surface area (Å²) in [6, 6.07) is 7.56. The molecule has 0 unspecified atom stereocenters. The quantitative estimate of drug-likeness (QED) is 0.608. The number of rotatable bonds is 7. The van der Waals surface area contributed by atoms with Gasteiger partial charge in [-0.2, -0.15) is 0 Å². The molecule has 0 amide bonds. The molecule has 0 fully saturated rings. The van der Waals surface area contributed by atoms with E-state index in [1.54, 1.807) is 12.1 Å². The summed E-state index contributed by atoms with van der Waals surface area (Å²) in [6.07, 6.45) is 0. The van der Waals surface area contributed by atoms with Crippen LogP contribution in [0, 0.1) is 10.1 Å². The average molecular weight is 265 g/mol. The minimum Gasteiger partial charge on any atom is -0.368 e. The van der Waals surface area contributed by atoms with E-state index in [0.717, 1.165) is 18.8 Å². The fourth-order valence-corrected chi connectivity index (χ4v) is 1.92. The molecule has 0 saturated heterocycles. The molecule has 0 bridgehead atoms.